The highest BCUT2D eigenvalue weighted by Crippen LogP contribution is 2.38. The van der Waals surface area contributed by atoms with Gasteiger partial charge >= 0.3 is 0 Å². The van der Waals surface area contributed by atoms with Crippen LogP contribution in [0.4, 0.5) is 0 Å². The third kappa shape index (κ3) is 0.755. The van der Waals surface area contributed by atoms with Crippen LogP contribution < -0.4 is 0 Å². The van der Waals surface area contributed by atoms with Gasteiger partial charge in [0.05, 0.1) is 6.10 Å². The first-order valence-corrected chi connectivity index (χ1v) is 2.65. The van der Waals surface area contributed by atoms with E-state index in [0.717, 1.165) is 0 Å². The lowest BCUT2D eigenvalue weighted by Gasteiger charge is -1.99. The SMILES string of the molecule is CC(O)C1C(=O)C1(O)O. The van der Waals surface area contributed by atoms with Crippen LogP contribution in [-0.2, 0) is 4.79 Å². The lowest BCUT2D eigenvalue weighted by atomic mass is 10.2. The van der Waals surface area contributed by atoms with Crippen LogP contribution in [-0.4, -0.2) is 33.0 Å². The van der Waals surface area contributed by atoms with Gasteiger partial charge in [-0.1, -0.05) is 0 Å². The van der Waals surface area contributed by atoms with Crippen LogP contribution in [0, 0.1) is 5.92 Å². The first-order chi connectivity index (χ1) is 3.98. The van der Waals surface area contributed by atoms with Gasteiger partial charge in [-0.3, -0.25) is 4.79 Å². The zero-order chi connectivity index (χ0) is 7.23. The van der Waals surface area contributed by atoms with Crippen molar-refractivity contribution in [2.24, 2.45) is 5.92 Å². The molecule has 3 N–H and O–H groups in total. The molecular formula is C5H8O4. The molecule has 4 nitrogen and oxygen atoms in total. The van der Waals surface area contributed by atoms with Gasteiger partial charge in [-0.05, 0) is 6.92 Å². The van der Waals surface area contributed by atoms with Crippen molar-refractivity contribution >= 4 is 5.78 Å². The fourth-order valence-electron chi connectivity index (χ4n) is 0.859. The third-order valence-electron chi connectivity index (χ3n) is 1.48. The predicted octanol–water partition coefficient (Wildman–Crippen LogP) is -1.75. The molecule has 0 heterocycles. The first-order valence-electron chi connectivity index (χ1n) is 2.65. The Labute approximate surface area is 51.7 Å². The summed E-state index contributed by atoms with van der Waals surface area (Å²) in [6.45, 7) is 1.34. The molecule has 0 bridgehead atoms. The van der Waals surface area contributed by atoms with Crippen LogP contribution in [0.2, 0.25) is 0 Å². The smallest absolute Gasteiger partial charge is 0.237 e. The highest BCUT2D eigenvalue weighted by atomic mass is 16.5. The second kappa shape index (κ2) is 1.53. The van der Waals surface area contributed by atoms with Crippen molar-refractivity contribution in [1.29, 1.82) is 0 Å². The maximum atomic E-state index is 10.3. The van der Waals surface area contributed by atoms with E-state index in [1.54, 1.807) is 0 Å². The van der Waals surface area contributed by atoms with E-state index in [1.165, 1.54) is 6.92 Å². The van der Waals surface area contributed by atoms with Gasteiger partial charge in [0, 0.05) is 0 Å². The molecule has 1 aliphatic rings. The second-order valence-corrected chi connectivity index (χ2v) is 2.31. The molecule has 0 radical (unpaired) electrons. The largest absolute Gasteiger partial charge is 0.392 e. The molecular weight excluding hydrogens is 124 g/mol. The van der Waals surface area contributed by atoms with Gasteiger partial charge in [0.2, 0.25) is 11.6 Å². The van der Waals surface area contributed by atoms with E-state index in [9.17, 15) is 4.79 Å². The van der Waals surface area contributed by atoms with Gasteiger partial charge in [-0.25, -0.2) is 0 Å². The standard InChI is InChI=1S/C5H8O4/c1-2(6)3-4(7)5(3,8)9/h2-3,6,8-9H,1H3. The molecule has 52 valence electrons. The molecule has 1 fully saturated rings. The van der Waals surface area contributed by atoms with Gasteiger partial charge < -0.3 is 15.3 Å². The second-order valence-electron chi connectivity index (χ2n) is 2.31. The molecule has 0 amide bonds. The molecule has 2 atom stereocenters. The normalized spacial score (nSPS) is 34.2. The summed E-state index contributed by atoms with van der Waals surface area (Å²) in [7, 11) is 0. The van der Waals surface area contributed by atoms with E-state index in [4.69, 9.17) is 15.3 Å². The van der Waals surface area contributed by atoms with Gasteiger partial charge in [-0.2, -0.15) is 0 Å². The predicted molar refractivity (Wildman–Crippen MR) is 27.3 cm³/mol. The molecule has 1 aliphatic carbocycles. The molecule has 0 aromatic rings. The average Bonchev–Trinajstić information content (AvgIpc) is 2.07. The summed E-state index contributed by atoms with van der Waals surface area (Å²) in [6, 6.07) is 0. The zero-order valence-corrected chi connectivity index (χ0v) is 4.90. The Morgan fingerprint density at radius 1 is 1.67 bits per heavy atom. The number of hydrogen-bond donors (Lipinski definition) is 3. The summed E-state index contributed by atoms with van der Waals surface area (Å²) in [6.07, 6.45) is -0.965. The Balaban J connectivity index is 2.63. The molecule has 2 unspecified atom stereocenters. The lowest BCUT2D eigenvalue weighted by molar-refractivity contribution is -0.135. The molecule has 1 saturated carbocycles. The highest BCUT2D eigenvalue weighted by Gasteiger charge is 2.66. The molecule has 0 saturated heterocycles. The molecule has 0 aromatic heterocycles. The summed E-state index contributed by atoms with van der Waals surface area (Å²) in [5.74, 6) is -3.93. The van der Waals surface area contributed by atoms with E-state index in [2.05, 4.69) is 0 Å². The zero-order valence-electron chi connectivity index (χ0n) is 4.90. The molecule has 0 aliphatic heterocycles. The maximum absolute atomic E-state index is 10.3. The Bertz CT molecular complexity index is 149. The van der Waals surface area contributed by atoms with Crippen LogP contribution in [0.1, 0.15) is 6.92 Å². The van der Waals surface area contributed by atoms with Crippen molar-refractivity contribution in [3.8, 4) is 0 Å². The van der Waals surface area contributed by atoms with Crippen molar-refractivity contribution in [1.82, 2.24) is 0 Å². The summed E-state index contributed by atoms with van der Waals surface area (Å²) < 4.78 is 0. The van der Waals surface area contributed by atoms with Gasteiger partial charge in [0.25, 0.3) is 0 Å². The average molecular weight is 132 g/mol. The first kappa shape index (κ1) is 6.67. The number of hydrogen-bond acceptors (Lipinski definition) is 4. The molecule has 1 rings (SSSR count). The van der Waals surface area contributed by atoms with E-state index < -0.39 is 23.6 Å². The Morgan fingerprint density at radius 2 is 2.00 bits per heavy atom. The number of carbonyl (C=O) groups excluding carboxylic acids is 1. The minimum atomic E-state index is -2.24. The summed E-state index contributed by atoms with van der Waals surface area (Å²) >= 11 is 0. The van der Waals surface area contributed by atoms with Crippen molar-refractivity contribution in [2.45, 2.75) is 18.8 Å². The number of aliphatic hydroxyl groups excluding tert-OH is 1. The number of carbonyl (C=O) groups is 1. The van der Waals surface area contributed by atoms with Crippen molar-refractivity contribution < 1.29 is 20.1 Å². The topological polar surface area (TPSA) is 77.8 Å². The number of aliphatic hydroxyl groups is 3. The minimum absolute atomic E-state index is 0.697. The van der Waals surface area contributed by atoms with Gasteiger partial charge in [0.1, 0.15) is 5.92 Å². The fourth-order valence-corrected chi connectivity index (χ4v) is 0.859. The van der Waals surface area contributed by atoms with Crippen molar-refractivity contribution in [3.63, 3.8) is 0 Å². The van der Waals surface area contributed by atoms with Crippen LogP contribution >= 0.6 is 0 Å². The monoisotopic (exact) mass is 132 g/mol. The maximum Gasteiger partial charge on any atom is 0.237 e. The van der Waals surface area contributed by atoms with E-state index in [0.29, 0.717) is 0 Å². The fraction of sp³-hybridized carbons (Fsp3) is 0.800. The van der Waals surface area contributed by atoms with Crippen LogP contribution in [0.3, 0.4) is 0 Å². The van der Waals surface area contributed by atoms with E-state index in [1.807, 2.05) is 0 Å². The van der Waals surface area contributed by atoms with Crippen LogP contribution in [0.5, 0.6) is 0 Å². The van der Waals surface area contributed by atoms with Crippen molar-refractivity contribution in [2.75, 3.05) is 0 Å². The minimum Gasteiger partial charge on any atom is -0.392 e. The summed E-state index contributed by atoms with van der Waals surface area (Å²) in [4.78, 5) is 10.3. The van der Waals surface area contributed by atoms with Crippen LogP contribution in [0.15, 0.2) is 0 Å². The quantitative estimate of drug-likeness (QED) is 0.369. The molecule has 0 spiro atoms. The summed E-state index contributed by atoms with van der Waals surface area (Å²) in [5, 5.41) is 25.8. The van der Waals surface area contributed by atoms with Crippen molar-refractivity contribution in [3.05, 3.63) is 0 Å². The summed E-state index contributed by atoms with van der Waals surface area (Å²) in [5.41, 5.74) is 0. The van der Waals surface area contributed by atoms with Crippen LogP contribution in [0.25, 0.3) is 0 Å². The highest BCUT2D eigenvalue weighted by molar-refractivity contribution is 6.05. The third-order valence-corrected chi connectivity index (χ3v) is 1.48. The molecule has 0 aromatic carbocycles. The van der Waals surface area contributed by atoms with E-state index >= 15 is 0 Å². The molecule has 9 heavy (non-hydrogen) atoms. The Hall–Kier alpha value is -0.450. The Morgan fingerprint density at radius 3 is 2.00 bits per heavy atom. The van der Waals surface area contributed by atoms with Gasteiger partial charge in [0.15, 0.2) is 0 Å². The molecule has 4 heteroatoms. The van der Waals surface area contributed by atoms with Gasteiger partial charge in [-0.15, -0.1) is 0 Å². The lowest BCUT2D eigenvalue weighted by Crippen LogP contribution is -2.16. The number of Topliss-reactive ketones (excluding diaryl/α,β-unsaturated/α-hetero) is 1. The number of rotatable bonds is 1. The van der Waals surface area contributed by atoms with E-state index in [-0.39, 0.29) is 0 Å². The number of ketones is 1. The Kier molecular flexibility index (Phi) is 1.13.